The number of rotatable bonds is 4. The molecule has 33 heavy (non-hydrogen) atoms. The van der Waals surface area contributed by atoms with E-state index in [2.05, 4.69) is 95.2 Å². The van der Waals surface area contributed by atoms with Crippen molar-refractivity contribution in [2.75, 3.05) is 0 Å². The number of hydrogen-bond donors (Lipinski definition) is 1. The fraction of sp³-hybridized carbons (Fsp3) is 0.714. The van der Waals surface area contributed by atoms with E-state index < -0.39 is 7.82 Å². The van der Waals surface area contributed by atoms with Crippen LogP contribution in [0.25, 0.3) is 0 Å². The van der Waals surface area contributed by atoms with E-state index in [-0.39, 0.29) is 32.5 Å². The molecule has 0 bridgehead atoms. The van der Waals surface area contributed by atoms with Gasteiger partial charge in [0.1, 0.15) is 11.5 Å². The van der Waals surface area contributed by atoms with Gasteiger partial charge in [0, 0.05) is 10.8 Å². The van der Waals surface area contributed by atoms with Crippen molar-refractivity contribution >= 4 is 7.82 Å². The first-order valence-corrected chi connectivity index (χ1v) is 13.6. The largest absolute Gasteiger partial charge is 0.584 e. The summed E-state index contributed by atoms with van der Waals surface area (Å²) in [6, 6.07) is 0. The van der Waals surface area contributed by atoms with Crippen LogP contribution in [0.1, 0.15) is 95.9 Å². The van der Waals surface area contributed by atoms with Gasteiger partial charge in [-0.25, -0.2) is 4.57 Å². The highest BCUT2D eigenvalue weighted by Gasteiger charge is 2.50. The van der Waals surface area contributed by atoms with Crippen LogP contribution in [-0.4, -0.2) is 4.89 Å². The smallest absolute Gasteiger partial charge is 0.396 e. The summed E-state index contributed by atoms with van der Waals surface area (Å²) in [4.78, 5) is 10.5. The maximum atomic E-state index is 12.8. The molecule has 0 fully saturated rings. The second kappa shape index (κ2) is 8.45. The SMILES string of the molecule is CC(C)(C)C1(C(C)(C)C)C=CC(OP(=O)(O)OC2=CCC(C(C)(C)C)(C(C)(C)C)C=C2)=CC1. The van der Waals surface area contributed by atoms with Crippen molar-refractivity contribution in [3.8, 4) is 0 Å². The van der Waals surface area contributed by atoms with E-state index in [1.807, 2.05) is 24.3 Å². The molecular formula is C28H47O4P. The molecule has 2 aliphatic carbocycles. The van der Waals surface area contributed by atoms with Crippen molar-refractivity contribution in [1.29, 1.82) is 0 Å². The third-order valence-electron chi connectivity index (χ3n) is 8.11. The summed E-state index contributed by atoms with van der Waals surface area (Å²) < 4.78 is 23.8. The molecule has 0 aromatic rings. The maximum Gasteiger partial charge on any atom is 0.584 e. The van der Waals surface area contributed by atoms with Gasteiger partial charge < -0.3 is 9.05 Å². The first-order chi connectivity index (χ1) is 14.6. The molecule has 188 valence electrons. The molecule has 2 rings (SSSR count). The Morgan fingerprint density at radius 3 is 1.12 bits per heavy atom. The Labute approximate surface area is 202 Å². The molecular weight excluding hydrogens is 431 g/mol. The van der Waals surface area contributed by atoms with E-state index in [4.69, 9.17) is 9.05 Å². The average Bonchev–Trinajstić information content (AvgIpc) is 2.58. The first kappa shape index (κ1) is 28.0. The fourth-order valence-corrected chi connectivity index (χ4v) is 6.98. The summed E-state index contributed by atoms with van der Waals surface area (Å²) in [6.07, 6.45) is 13.2. The zero-order valence-corrected chi connectivity index (χ0v) is 23.9. The van der Waals surface area contributed by atoms with Crippen LogP contribution in [0.2, 0.25) is 0 Å². The molecule has 0 radical (unpaired) electrons. The predicted octanol–water partition coefficient (Wildman–Crippen LogP) is 8.96. The highest BCUT2D eigenvalue weighted by atomic mass is 31.2. The van der Waals surface area contributed by atoms with Crippen LogP contribution in [-0.2, 0) is 13.6 Å². The molecule has 0 spiro atoms. The van der Waals surface area contributed by atoms with Gasteiger partial charge in [-0.2, -0.15) is 0 Å². The van der Waals surface area contributed by atoms with E-state index >= 15 is 0 Å². The zero-order chi connectivity index (χ0) is 25.7. The minimum Gasteiger partial charge on any atom is -0.396 e. The highest BCUT2D eigenvalue weighted by Crippen LogP contribution is 2.59. The van der Waals surface area contributed by atoms with Crippen molar-refractivity contribution in [3.63, 3.8) is 0 Å². The van der Waals surface area contributed by atoms with Crippen LogP contribution in [0.4, 0.5) is 0 Å². The number of phosphoric ester groups is 1. The lowest BCUT2D eigenvalue weighted by molar-refractivity contribution is 0.0172. The minimum absolute atomic E-state index is 0.0213. The van der Waals surface area contributed by atoms with Crippen molar-refractivity contribution < 1.29 is 18.5 Å². The minimum atomic E-state index is -4.31. The third kappa shape index (κ3) is 5.38. The van der Waals surface area contributed by atoms with Gasteiger partial charge in [0.2, 0.25) is 0 Å². The van der Waals surface area contributed by atoms with Crippen molar-refractivity contribution in [2.24, 2.45) is 32.5 Å². The topological polar surface area (TPSA) is 55.8 Å². The Morgan fingerprint density at radius 1 is 0.667 bits per heavy atom. The van der Waals surface area contributed by atoms with Crippen molar-refractivity contribution in [3.05, 3.63) is 48.0 Å². The summed E-state index contributed by atoms with van der Waals surface area (Å²) in [5.41, 5.74) is -0.0991. The molecule has 0 saturated carbocycles. The lowest BCUT2D eigenvalue weighted by Gasteiger charge is -2.53. The molecule has 0 saturated heterocycles. The van der Waals surface area contributed by atoms with Gasteiger partial charge in [-0.05, 0) is 58.8 Å². The summed E-state index contributed by atoms with van der Waals surface area (Å²) in [5.74, 6) is 0.758. The van der Waals surface area contributed by atoms with Crippen LogP contribution in [0, 0.1) is 32.5 Å². The lowest BCUT2D eigenvalue weighted by atomic mass is 9.52. The van der Waals surface area contributed by atoms with Gasteiger partial charge in [0.05, 0.1) is 0 Å². The summed E-state index contributed by atoms with van der Waals surface area (Å²) in [5, 5.41) is 0. The highest BCUT2D eigenvalue weighted by molar-refractivity contribution is 7.47. The average molecular weight is 479 g/mol. The molecule has 0 atom stereocenters. The second-order valence-corrected chi connectivity index (χ2v) is 15.2. The Hall–Kier alpha value is -1.25. The van der Waals surface area contributed by atoms with Crippen LogP contribution < -0.4 is 0 Å². The Bertz CT molecular complexity index is 806. The first-order valence-electron chi connectivity index (χ1n) is 12.1. The van der Waals surface area contributed by atoms with E-state index in [1.165, 1.54) is 0 Å². The summed E-state index contributed by atoms with van der Waals surface area (Å²) in [7, 11) is -4.31. The van der Waals surface area contributed by atoms with Crippen LogP contribution in [0.5, 0.6) is 0 Å². The van der Waals surface area contributed by atoms with E-state index in [0.717, 1.165) is 12.8 Å². The molecule has 0 unspecified atom stereocenters. The molecule has 4 nitrogen and oxygen atoms in total. The van der Waals surface area contributed by atoms with Crippen LogP contribution in [0.15, 0.2) is 48.0 Å². The summed E-state index contributed by atoms with van der Waals surface area (Å²) in [6.45, 7) is 26.8. The molecule has 0 heterocycles. The normalized spacial score (nSPS) is 21.4. The van der Waals surface area contributed by atoms with Crippen LogP contribution >= 0.6 is 7.82 Å². The van der Waals surface area contributed by atoms with E-state index in [1.54, 1.807) is 0 Å². The van der Waals surface area contributed by atoms with Crippen LogP contribution in [0.3, 0.4) is 0 Å². The number of phosphoric acid groups is 1. The Morgan fingerprint density at radius 2 is 0.939 bits per heavy atom. The maximum absolute atomic E-state index is 12.8. The van der Waals surface area contributed by atoms with Gasteiger partial charge >= 0.3 is 7.82 Å². The summed E-state index contributed by atoms with van der Waals surface area (Å²) >= 11 is 0. The van der Waals surface area contributed by atoms with Gasteiger partial charge in [-0.1, -0.05) is 95.2 Å². The molecule has 1 N–H and O–H groups in total. The standard InChI is InChI=1S/C28H47O4P/c1-23(2,3)27(24(4,5)6)17-13-21(14-18-27)31-33(29,30)32-22-15-19-28(20-16-22,25(7,8)9)26(10,11)12/h13-17,19H,18,20H2,1-12H3,(H,29,30). The molecule has 5 heteroatoms. The molecule has 0 aliphatic heterocycles. The van der Waals surface area contributed by atoms with Gasteiger partial charge in [0.25, 0.3) is 0 Å². The molecule has 0 aromatic heterocycles. The third-order valence-corrected chi connectivity index (χ3v) is 8.99. The molecule has 0 aromatic carbocycles. The zero-order valence-electron chi connectivity index (χ0n) is 23.0. The lowest BCUT2D eigenvalue weighted by Crippen LogP contribution is -2.45. The Balaban J connectivity index is 2.16. The van der Waals surface area contributed by atoms with E-state index in [9.17, 15) is 9.46 Å². The monoisotopic (exact) mass is 478 g/mol. The van der Waals surface area contributed by atoms with Gasteiger partial charge in [-0.15, -0.1) is 0 Å². The van der Waals surface area contributed by atoms with Gasteiger partial charge in [0.15, 0.2) is 0 Å². The van der Waals surface area contributed by atoms with Gasteiger partial charge in [-0.3, -0.25) is 4.89 Å². The quantitative estimate of drug-likeness (QED) is 0.410. The second-order valence-electron chi connectivity index (χ2n) is 13.9. The van der Waals surface area contributed by atoms with Crippen molar-refractivity contribution in [2.45, 2.75) is 95.9 Å². The van der Waals surface area contributed by atoms with E-state index in [0.29, 0.717) is 11.5 Å². The number of hydrogen-bond acceptors (Lipinski definition) is 3. The van der Waals surface area contributed by atoms with Crippen molar-refractivity contribution in [1.82, 2.24) is 0 Å². The molecule has 2 aliphatic rings. The molecule has 0 amide bonds. The number of allylic oxidation sites excluding steroid dienone is 6. The predicted molar refractivity (Wildman–Crippen MR) is 138 cm³/mol. The fourth-order valence-electron chi connectivity index (χ4n) is 6.14. The Kier molecular flexibility index (Phi) is 7.17.